The molecule has 0 aliphatic heterocycles. The lowest BCUT2D eigenvalue weighted by Crippen LogP contribution is -2.22. The van der Waals surface area contributed by atoms with Crippen LogP contribution in [-0.4, -0.2) is 21.2 Å². The Kier molecular flexibility index (Phi) is 3.23. The third-order valence-corrected chi connectivity index (χ3v) is 2.65. The van der Waals surface area contributed by atoms with Crippen LogP contribution in [0.4, 0.5) is 0 Å². The van der Waals surface area contributed by atoms with Gasteiger partial charge in [-0.2, -0.15) is 9.78 Å². The zero-order valence-corrected chi connectivity index (χ0v) is 9.83. The maximum absolute atomic E-state index is 11.8. The normalized spacial score (nSPS) is 10.3. The second-order valence-corrected chi connectivity index (χ2v) is 3.76. The Morgan fingerprint density at radius 2 is 2.11 bits per heavy atom. The largest absolute Gasteiger partial charge is 0.505 e. The van der Waals surface area contributed by atoms with Gasteiger partial charge < -0.3 is 5.11 Å². The van der Waals surface area contributed by atoms with Crippen molar-refractivity contribution in [1.29, 1.82) is 0 Å². The first-order valence-electron chi connectivity index (χ1n) is 5.54. The Morgan fingerprint density at radius 1 is 1.39 bits per heavy atom. The Bertz CT molecular complexity index is 647. The maximum atomic E-state index is 11.8. The van der Waals surface area contributed by atoms with Crippen molar-refractivity contribution < 1.29 is 9.90 Å². The molecular weight excluding hydrogens is 232 g/mol. The van der Waals surface area contributed by atoms with Crippen molar-refractivity contribution in [3.63, 3.8) is 0 Å². The van der Waals surface area contributed by atoms with Crippen molar-refractivity contribution in [3.8, 4) is 11.4 Å². The summed E-state index contributed by atoms with van der Waals surface area (Å²) < 4.78 is 1.13. The Morgan fingerprint density at radius 3 is 2.78 bits per heavy atom. The molecule has 0 unspecified atom stereocenters. The monoisotopic (exact) mass is 244 g/mol. The molecule has 0 saturated carbocycles. The van der Waals surface area contributed by atoms with E-state index in [1.54, 1.807) is 12.1 Å². The van der Waals surface area contributed by atoms with E-state index in [1.807, 2.05) is 19.1 Å². The predicted octanol–water partition coefficient (Wildman–Crippen LogP) is 1.31. The second-order valence-electron chi connectivity index (χ2n) is 3.76. The Balaban J connectivity index is 2.71. The van der Waals surface area contributed by atoms with Gasteiger partial charge in [-0.3, -0.25) is 9.59 Å². The molecule has 5 nitrogen and oxygen atoms in total. The van der Waals surface area contributed by atoms with Crippen LogP contribution in [0.1, 0.15) is 23.0 Å². The van der Waals surface area contributed by atoms with Crippen molar-refractivity contribution in [3.05, 3.63) is 51.9 Å². The zero-order valence-electron chi connectivity index (χ0n) is 9.83. The summed E-state index contributed by atoms with van der Waals surface area (Å²) >= 11 is 0. The molecule has 1 N–H and O–H groups in total. The molecule has 0 saturated heterocycles. The standard InChI is InChI=1S/C13H12N2O3/c1-2-9-5-3-4-6-11(9)15-13(18)7-12(17)10(8-16)14-15/h3-8,17H,2H2,1H3. The molecule has 1 aromatic carbocycles. The first kappa shape index (κ1) is 12.0. The van der Waals surface area contributed by atoms with Gasteiger partial charge in [0.15, 0.2) is 17.7 Å². The molecule has 2 aromatic rings. The Labute approximate surface area is 103 Å². The molecule has 92 valence electrons. The van der Waals surface area contributed by atoms with E-state index in [4.69, 9.17) is 0 Å². The van der Waals surface area contributed by atoms with Crippen molar-refractivity contribution in [1.82, 2.24) is 9.78 Å². The minimum absolute atomic E-state index is 0.152. The maximum Gasteiger partial charge on any atom is 0.275 e. The van der Waals surface area contributed by atoms with Crippen LogP contribution in [0.5, 0.6) is 5.75 Å². The number of hydrogen-bond donors (Lipinski definition) is 1. The van der Waals surface area contributed by atoms with Gasteiger partial charge in [0.1, 0.15) is 0 Å². The zero-order chi connectivity index (χ0) is 13.1. The summed E-state index contributed by atoms with van der Waals surface area (Å²) in [5.74, 6) is -0.403. The molecule has 0 fully saturated rings. The lowest BCUT2D eigenvalue weighted by atomic mass is 10.1. The van der Waals surface area contributed by atoms with Crippen molar-refractivity contribution in [2.45, 2.75) is 13.3 Å². The summed E-state index contributed by atoms with van der Waals surface area (Å²) in [7, 11) is 0. The van der Waals surface area contributed by atoms with Gasteiger partial charge in [0.25, 0.3) is 5.56 Å². The van der Waals surface area contributed by atoms with Crippen LogP contribution in [0.2, 0.25) is 0 Å². The molecule has 0 amide bonds. The molecule has 0 atom stereocenters. The number of rotatable bonds is 3. The molecule has 18 heavy (non-hydrogen) atoms. The smallest absolute Gasteiger partial charge is 0.275 e. The van der Waals surface area contributed by atoms with Gasteiger partial charge in [0.05, 0.1) is 5.69 Å². The Hall–Kier alpha value is -2.43. The topological polar surface area (TPSA) is 72.2 Å². The SMILES string of the molecule is CCc1ccccc1-n1nc(C=O)c(O)cc1=O. The van der Waals surface area contributed by atoms with E-state index in [9.17, 15) is 14.7 Å². The molecule has 0 aliphatic rings. The van der Waals surface area contributed by atoms with Gasteiger partial charge in [0.2, 0.25) is 0 Å². The van der Waals surface area contributed by atoms with Gasteiger partial charge >= 0.3 is 0 Å². The summed E-state index contributed by atoms with van der Waals surface area (Å²) in [5.41, 5.74) is 0.933. The fourth-order valence-corrected chi connectivity index (χ4v) is 1.73. The van der Waals surface area contributed by atoms with Gasteiger partial charge in [-0.25, -0.2) is 0 Å². The predicted molar refractivity (Wildman–Crippen MR) is 66.3 cm³/mol. The number of nitrogens with zero attached hydrogens (tertiary/aromatic N) is 2. The molecule has 1 aromatic heterocycles. The van der Waals surface area contributed by atoms with Gasteiger partial charge in [-0.15, -0.1) is 0 Å². The van der Waals surface area contributed by atoms with Crippen LogP contribution in [0.25, 0.3) is 5.69 Å². The van der Waals surface area contributed by atoms with Crippen LogP contribution in [0, 0.1) is 0 Å². The quantitative estimate of drug-likeness (QED) is 0.826. The average molecular weight is 244 g/mol. The number of carbonyl (C=O) groups is 1. The molecular formula is C13H12N2O3. The van der Waals surface area contributed by atoms with E-state index in [1.165, 1.54) is 0 Å². The van der Waals surface area contributed by atoms with E-state index >= 15 is 0 Å². The van der Waals surface area contributed by atoms with Crippen LogP contribution < -0.4 is 5.56 Å². The van der Waals surface area contributed by atoms with Crippen LogP contribution in [-0.2, 0) is 6.42 Å². The van der Waals surface area contributed by atoms with Gasteiger partial charge in [0, 0.05) is 6.07 Å². The first-order valence-corrected chi connectivity index (χ1v) is 5.54. The van der Waals surface area contributed by atoms with Crippen LogP contribution >= 0.6 is 0 Å². The number of hydrogen-bond acceptors (Lipinski definition) is 4. The van der Waals surface area contributed by atoms with E-state index in [0.29, 0.717) is 12.0 Å². The number of para-hydroxylation sites is 1. The van der Waals surface area contributed by atoms with E-state index in [0.717, 1.165) is 22.7 Å². The highest BCUT2D eigenvalue weighted by Gasteiger charge is 2.10. The minimum Gasteiger partial charge on any atom is -0.505 e. The van der Waals surface area contributed by atoms with Crippen molar-refractivity contribution in [2.24, 2.45) is 0 Å². The number of aldehydes is 1. The first-order chi connectivity index (χ1) is 8.67. The van der Waals surface area contributed by atoms with E-state index < -0.39 is 11.3 Å². The van der Waals surface area contributed by atoms with Crippen molar-refractivity contribution in [2.75, 3.05) is 0 Å². The number of aromatic nitrogens is 2. The molecule has 1 heterocycles. The number of aromatic hydroxyl groups is 1. The molecule has 0 spiro atoms. The van der Waals surface area contributed by atoms with Crippen LogP contribution in [0.3, 0.4) is 0 Å². The van der Waals surface area contributed by atoms with Gasteiger partial charge in [-0.1, -0.05) is 25.1 Å². The molecule has 2 rings (SSSR count). The number of benzene rings is 1. The summed E-state index contributed by atoms with van der Waals surface area (Å²) in [5, 5.41) is 13.2. The van der Waals surface area contributed by atoms with Gasteiger partial charge in [-0.05, 0) is 18.1 Å². The molecule has 5 heteroatoms. The molecule has 0 radical (unpaired) electrons. The molecule has 0 bridgehead atoms. The van der Waals surface area contributed by atoms with E-state index in [2.05, 4.69) is 5.10 Å². The summed E-state index contributed by atoms with van der Waals surface area (Å²) in [6, 6.07) is 8.28. The van der Waals surface area contributed by atoms with Crippen LogP contribution in [0.15, 0.2) is 35.1 Å². The minimum atomic E-state index is -0.473. The third kappa shape index (κ3) is 2.02. The highest BCUT2D eigenvalue weighted by molar-refractivity contribution is 5.75. The summed E-state index contributed by atoms with van der Waals surface area (Å²) in [6.45, 7) is 1.96. The lowest BCUT2D eigenvalue weighted by molar-refractivity contribution is 0.111. The second kappa shape index (κ2) is 4.83. The summed E-state index contributed by atoms with van der Waals surface area (Å²) in [4.78, 5) is 22.5. The van der Waals surface area contributed by atoms with Crippen molar-refractivity contribution >= 4 is 6.29 Å². The fourth-order valence-electron chi connectivity index (χ4n) is 1.73. The highest BCUT2D eigenvalue weighted by Crippen LogP contribution is 2.14. The molecule has 0 aliphatic carbocycles. The van der Waals surface area contributed by atoms with E-state index in [-0.39, 0.29) is 5.69 Å². The third-order valence-electron chi connectivity index (χ3n) is 2.65. The summed E-state index contributed by atoms with van der Waals surface area (Å²) in [6.07, 6.45) is 1.15. The fraction of sp³-hybridized carbons (Fsp3) is 0.154. The number of aryl methyl sites for hydroxylation is 1. The lowest BCUT2D eigenvalue weighted by Gasteiger charge is -2.09. The number of carbonyl (C=O) groups excluding carboxylic acids is 1. The average Bonchev–Trinajstić information content (AvgIpc) is 2.39. The highest BCUT2D eigenvalue weighted by atomic mass is 16.3.